The summed E-state index contributed by atoms with van der Waals surface area (Å²) in [6.07, 6.45) is 0.640. The summed E-state index contributed by atoms with van der Waals surface area (Å²) in [5.41, 5.74) is 0. The zero-order chi connectivity index (χ0) is 6.12. The van der Waals surface area contributed by atoms with E-state index in [0.717, 1.165) is 0 Å². The summed E-state index contributed by atoms with van der Waals surface area (Å²) in [6.45, 7) is 1.93. The topological polar surface area (TPSA) is 37.3 Å². The van der Waals surface area contributed by atoms with E-state index in [9.17, 15) is 0 Å². The van der Waals surface area contributed by atoms with E-state index in [1.54, 1.807) is 6.92 Å². The Labute approximate surface area is 48.1 Å². The van der Waals surface area contributed by atoms with Crippen LogP contribution in [0.25, 0.3) is 0 Å². The lowest BCUT2D eigenvalue weighted by Crippen LogP contribution is -1.63. The second-order valence-electron chi connectivity index (χ2n) is 0.637. The highest BCUT2D eigenvalue weighted by Crippen LogP contribution is 1.57. The van der Waals surface area contributed by atoms with E-state index in [0.29, 0.717) is 6.29 Å². The summed E-state index contributed by atoms with van der Waals surface area (Å²) < 4.78 is 0. The lowest BCUT2D eigenvalue weighted by Gasteiger charge is -1.52. The van der Waals surface area contributed by atoms with Gasteiger partial charge in [-0.25, -0.2) is 0 Å². The summed E-state index contributed by atoms with van der Waals surface area (Å²) in [5.74, 6) is 0.111. The Morgan fingerprint density at radius 1 is 1.86 bits per heavy atom. The third-order valence-corrected chi connectivity index (χ3v) is 0.189. The molecule has 2 nitrogen and oxygen atoms in total. The molecule has 0 rings (SSSR count). The van der Waals surface area contributed by atoms with Crippen LogP contribution in [0.15, 0.2) is 0 Å². The van der Waals surface area contributed by atoms with Crippen LogP contribution in [0.5, 0.6) is 0 Å². The molecule has 0 amide bonds. The Morgan fingerprint density at radius 3 is 2.00 bits per heavy atom. The molecule has 0 radical (unpaired) electrons. The van der Waals surface area contributed by atoms with Crippen LogP contribution in [0.1, 0.15) is 6.92 Å². The van der Waals surface area contributed by atoms with Gasteiger partial charge in [0.25, 0.3) is 0 Å². The summed E-state index contributed by atoms with van der Waals surface area (Å²) >= 11 is 4.82. The van der Waals surface area contributed by atoms with Crippen molar-refractivity contribution in [3.05, 3.63) is 0 Å². The first kappa shape index (κ1) is 10.0. The molecule has 0 fully saturated rings. The maximum Gasteiger partial charge on any atom is 0.134 e. The Hall–Kier alpha value is -0.0800. The number of hydrogen-bond acceptors (Lipinski definition) is 2. The van der Waals surface area contributed by atoms with Crippen molar-refractivity contribution in [3.8, 4) is 0 Å². The minimum atomic E-state index is 0.111. The van der Waals surface area contributed by atoms with Crippen LogP contribution in [0, 0.1) is 0 Å². The summed E-state index contributed by atoms with van der Waals surface area (Å²) in [6, 6.07) is 0. The second kappa shape index (κ2) is 16.8. The minimum absolute atomic E-state index is 0.111. The summed E-state index contributed by atoms with van der Waals surface area (Å²) in [4.78, 5) is 9.04. The number of aliphatic hydroxyl groups is 1. The van der Waals surface area contributed by atoms with Crippen LogP contribution in [-0.2, 0) is 4.79 Å². The molecule has 0 aliphatic heterocycles. The predicted molar refractivity (Wildman–Crippen MR) is 29.5 cm³/mol. The van der Waals surface area contributed by atoms with Crippen LogP contribution >= 0.6 is 11.6 Å². The van der Waals surface area contributed by atoms with E-state index in [1.165, 1.54) is 0 Å². The molecule has 0 aliphatic carbocycles. The van der Waals surface area contributed by atoms with Gasteiger partial charge in [0.05, 0.1) is 5.88 Å². The molecule has 0 atom stereocenters. The molecule has 0 spiro atoms. The average molecular weight is 125 g/mol. The Bertz CT molecular complexity index is 30.9. The fraction of sp³-hybridized carbons (Fsp3) is 0.750. The van der Waals surface area contributed by atoms with Crippen LogP contribution in [-0.4, -0.2) is 23.9 Å². The highest BCUT2D eigenvalue weighted by atomic mass is 35.5. The highest BCUT2D eigenvalue weighted by Gasteiger charge is 1.55. The van der Waals surface area contributed by atoms with Gasteiger partial charge in [0.1, 0.15) is 6.29 Å². The van der Waals surface area contributed by atoms with E-state index in [4.69, 9.17) is 21.5 Å². The van der Waals surface area contributed by atoms with E-state index >= 15 is 0 Å². The van der Waals surface area contributed by atoms with Crippen LogP contribution in [0.2, 0.25) is 0 Å². The van der Waals surface area contributed by atoms with Crippen molar-refractivity contribution in [2.45, 2.75) is 6.92 Å². The maximum absolute atomic E-state index is 9.04. The number of carbonyl (C=O) groups is 1. The molecule has 0 heterocycles. The molecule has 3 heteroatoms. The first-order valence-electron chi connectivity index (χ1n) is 1.93. The van der Waals surface area contributed by atoms with Gasteiger partial charge < -0.3 is 9.90 Å². The molecule has 1 N–H and O–H groups in total. The van der Waals surface area contributed by atoms with E-state index in [1.807, 2.05) is 0 Å². The molecule has 0 aromatic rings. The number of alkyl halides is 1. The standard InChI is InChI=1S/C2H3ClO.C2H6O/c3-1-2-4;1-2-3/h2H,1H2;3H,2H2,1H3. The Morgan fingerprint density at radius 2 is 2.00 bits per heavy atom. The normalized spacial score (nSPS) is 6.14. The molecule has 0 aromatic heterocycles. The molecule has 0 saturated carbocycles. The van der Waals surface area contributed by atoms with E-state index < -0.39 is 0 Å². The molecule has 0 saturated heterocycles. The number of halogens is 1. The molecule has 0 unspecified atom stereocenters. The average Bonchev–Trinajstić information content (AvgIpc) is 1.69. The second-order valence-corrected chi connectivity index (χ2v) is 0.946. The number of hydrogen-bond donors (Lipinski definition) is 1. The fourth-order valence-electron chi connectivity index (χ4n) is 0. The van der Waals surface area contributed by atoms with Gasteiger partial charge in [-0.05, 0) is 6.92 Å². The van der Waals surface area contributed by atoms with Gasteiger partial charge >= 0.3 is 0 Å². The lowest BCUT2D eigenvalue weighted by atomic mass is 10.9. The van der Waals surface area contributed by atoms with Crippen molar-refractivity contribution in [2.75, 3.05) is 12.5 Å². The van der Waals surface area contributed by atoms with Crippen LogP contribution in [0.4, 0.5) is 0 Å². The first-order valence-corrected chi connectivity index (χ1v) is 2.47. The van der Waals surface area contributed by atoms with Gasteiger partial charge in [0.15, 0.2) is 0 Å². The van der Waals surface area contributed by atoms with Gasteiger partial charge in [0, 0.05) is 6.61 Å². The summed E-state index contributed by atoms with van der Waals surface area (Å²) in [5, 5.41) is 7.57. The van der Waals surface area contributed by atoms with Crippen molar-refractivity contribution in [1.29, 1.82) is 0 Å². The van der Waals surface area contributed by atoms with Gasteiger partial charge in [-0.1, -0.05) is 0 Å². The van der Waals surface area contributed by atoms with Crippen LogP contribution < -0.4 is 0 Å². The van der Waals surface area contributed by atoms with Gasteiger partial charge in [0.2, 0.25) is 0 Å². The molecule has 0 aromatic carbocycles. The quantitative estimate of drug-likeness (QED) is 0.407. The molecular formula is C4H9ClO2. The van der Waals surface area contributed by atoms with Gasteiger partial charge in [-0.2, -0.15) is 0 Å². The number of rotatable bonds is 1. The molecule has 44 valence electrons. The van der Waals surface area contributed by atoms with Crippen molar-refractivity contribution in [1.82, 2.24) is 0 Å². The van der Waals surface area contributed by atoms with Crippen LogP contribution in [0.3, 0.4) is 0 Å². The van der Waals surface area contributed by atoms with E-state index in [-0.39, 0.29) is 12.5 Å². The lowest BCUT2D eigenvalue weighted by molar-refractivity contribution is -0.105. The van der Waals surface area contributed by atoms with Gasteiger partial charge in [-0.15, -0.1) is 11.6 Å². The highest BCUT2D eigenvalue weighted by molar-refractivity contribution is 6.24. The molecule has 0 bridgehead atoms. The SMILES string of the molecule is CCO.O=CCCl. The van der Waals surface area contributed by atoms with E-state index in [2.05, 4.69) is 0 Å². The van der Waals surface area contributed by atoms with Crippen molar-refractivity contribution >= 4 is 17.9 Å². The summed E-state index contributed by atoms with van der Waals surface area (Å²) in [7, 11) is 0. The maximum atomic E-state index is 9.04. The van der Waals surface area contributed by atoms with Crippen molar-refractivity contribution in [3.63, 3.8) is 0 Å². The monoisotopic (exact) mass is 124 g/mol. The Kier molecular flexibility index (Phi) is 24.1. The van der Waals surface area contributed by atoms with Crippen molar-refractivity contribution < 1.29 is 9.90 Å². The van der Waals surface area contributed by atoms with Gasteiger partial charge in [-0.3, -0.25) is 0 Å². The number of aliphatic hydroxyl groups excluding tert-OH is 1. The zero-order valence-electron chi connectivity index (χ0n) is 4.22. The molecule has 0 aliphatic rings. The molecular weight excluding hydrogens is 115 g/mol. The zero-order valence-corrected chi connectivity index (χ0v) is 4.98. The third-order valence-electron chi connectivity index (χ3n) is 0.0630. The Balaban J connectivity index is 0. The smallest absolute Gasteiger partial charge is 0.134 e. The minimum Gasteiger partial charge on any atom is -0.397 e. The fourth-order valence-corrected chi connectivity index (χ4v) is 0. The third kappa shape index (κ3) is 107. The number of aldehydes is 1. The number of carbonyl (C=O) groups excluding carboxylic acids is 1. The molecule has 7 heavy (non-hydrogen) atoms. The largest absolute Gasteiger partial charge is 0.397 e. The van der Waals surface area contributed by atoms with Crippen molar-refractivity contribution in [2.24, 2.45) is 0 Å². The first-order chi connectivity index (χ1) is 3.33. The predicted octanol–water partition coefficient (Wildman–Crippen LogP) is 0.423.